The summed E-state index contributed by atoms with van der Waals surface area (Å²) in [6.45, 7) is 7.33. The zero-order valence-electron chi connectivity index (χ0n) is 19.3. The first kappa shape index (κ1) is 22.7. The summed E-state index contributed by atoms with van der Waals surface area (Å²) in [5.74, 6) is 1.60. The van der Waals surface area contributed by atoms with E-state index in [9.17, 15) is 4.79 Å². The second kappa shape index (κ2) is 10.9. The quantitative estimate of drug-likeness (QED) is 0.546. The number of benzene rings is 3. The van der Waals surface area contributed by atoms with Crippen LogP contribution in [0, 0.1) is 0 Å². The van der Waals surface area contributed by atoms with Crippen LogP contribution in [0.25, 0.3) is 0 Å². The van der Waals surface area contributed by atoms with Crippen LogP contribution >= 0.6 is 0 Å². The van der Waals surface area contributed by atoms with Gasteiger partial charge in [0, 0.05) is 44.0 Å². The highest BCUT2D eigenvalue weighted by molar-refractivity contribution is 6.04. The molecule has 0 aromatic heterocycles. The molecule has 1 aliphatic rings. The van der Waals surface area contributed by atoms with Crippen molar-refractivity contribution in [1.29, 1.82) is 0 Å². The van der Waals surface area contributed by atoms with Gasteiger partial charge in [-0.05, 0) is 61.0 Å². The van der Waals surface area contributed by atoms with Crippen LogP contribution < -0.4 is 19.7 Å². The maximum atomic E-state index is 12.6. The molecule has 1 aliphatic heterocycles. The van der Waals surface area contributed by atoms with Gasteiger partial charge in [0.05, 0.1) is 19.4 Å². The van der Waals surface area contributed by atoms with E-state index in [4.69, 9.17) is 9.47 Å². The minimum atomic E-state index is -0.115. The van der Waals surface area contributed by atoms with Gasteiger partial charge in [0.25, 0.3) is 5.91 Å². The van der Waals surface area contributed by atoms with Crippen LogP contribution in [0.4, 0.5) is 11.4 Å². The maximum Gasteiger partial charge on any atom is 0.255 e. The number of carbonyl (C=O) groups is 1. The van der Waals surface area contributed by atoms with Crippen molar-refractivity contribution in [2.24, 2.45) is 0 Å². The summed E-state index contributed by atoms with van der Waals surface area (Å²) < 4.78 is 11.0. The molecule has 0 aliphatic carbocycles. The SMILES string of the molecule is CCOc1ccc(NC(=O)c2ccc(CN3CCN(c4ccccc4OC)CC3)cc2)cc1. The molecule has 1 fully saturated rings. The van der Waals surface area contributed by atoms with Crippen LogP contribution in [0.1, 0.15) is 22.8 Å². The number of hydrogen-bond acceptors (Lipinski definition) is 5. The van der Waals surface area contributed by atoms with Crippen molar-refractivity contribution >= 4 is 17.3 Å². The molecule has 6 nitrogen and oxygen atoms in total. The number of nitrogens with zero attached hydrogens (tertiary/aromatic N) is 2. The number of hydrogen-bond donors (Lipinski definition) is 1. The maximum absolute atomic E-state index is 12.6. The molecule has 0 saturated carbocycles. The summed E-state index contributed by atoms with van der Waals surface area (Å²) in [6.07, 6.45) is 0. The summed E-state index contributed by atoms with van der Waals surface area (Å²) >= 11 is 0. The molecule has 1 heterocycles. The van der Waals surface area contributed by atoms with Gasteiger partial charge in [-0.1, -0.05) is 24.3 Å². The van der Waals surface area contributed by atoms with Crippen molar-refractivity contribution in [3.8, 4) is 11.5 Å². The minimum absolute atomic E-state index is 0.115. The number of ether oxygens (including phenoxy) is 2. The Labute approximate surface area is 195 Å². The molecule has 1 amide bonds. The lowest BCUT2D eigenvalue weighted by Crippen LogP contribution is -2.46. The fourth-order valence-electron chi connectivity index (χ4n) is 4.06. The van der Waals surface area contributed by atoms with E-state index in [2.05, 4.69) is 27.2 Å². The van der Waals surface area contributed by atoms with Crippen molar-refractivity contribution in [1.82, 2.24) is 4.90 Å². The molecular weight excluding hydrogens is 414 g/mol. The molecule has 1 N–H and O–H groups in total. The average molecular weight is 446 g/mol. The van der Waals surface area contributed by atoms with E-state index in [0.29, 0.717) is 12.2 Å². The van der Waals surface area contributed by atoms with E-state index < -0.39 is 0 Å². The van der Waals surface area contributed by atoms with Crippen LogP contribution in [0.3, 0.4) is 0 Å². The lowest BCUT2D eigenvalue weighted by Gasteiger charge is -2.36. The van der Waals surface area contributed by atoms with E-state index in [1.165, 1.54) is 5.56 Å². The van der Waals surface area contributed by atoms with Crippen LogP contribution in [0.2, 0.25) is 0 Å². The molecule has 0 bridgehead atoms. The van der Waals surface area contributed by atoms with Crippen LogP contribution in [0.5, 0.6) is 11.5 Å². The summed E-state index contributed by atoms with van der Waals surface area (Å²) in [7, 11) is 1.72. The van der Waals surface area contributed by atoms with Crippen molar-refractivity contribution in [2.45, 2.75) is 13.5 Å². The second-order valence-corrected chi connectivity index (χ2v) is 8.04. The van der Waals surface area contributed by atoms with Gasteiger partial charge in [0.2, 0.25) is 0 Å². The number of nitrogens with one attached hydrogen (secondary N) is 1. The Morgan fingerprint density at radius 3 is 2.27 bits per heavy atom. The van der Waals surface area contributed by atoms with Crippen LogP contribution in [-0.4, -0.2) is 50.7 Å². The van der Waals surface area contributed by atoms with Crippen molar-refractivity contribution < 1.29 is 14.3 Å². The third-order valence-corrected chi connectivity index (χ3v) is 5.84. The van der Waals surface area contributed by atoms with E-state index >= 15 is 0 Å². The molecule has 4 rings (SSSR count). The highest BCUT2D eigenvalue weighted by Crippen LogP contribution is 2.28. The third kappa shape index (κ3) is 5.84. The first-order valence-electron chi connectivity index (χ1n) is 11.4. The Balaban J connectivity index is 1.28. The van der Waals surface area contributed by atoms with E-state index in [1.54, 1.807) is 7.11 Å². The highest BCUT2D eigenvalue weighted by atomic mass is 16.5. The van der Waals surface area contributed by atoms with E-state index in [1.807, 2.05) is 67.6 Å². The van der Waals surface area contributed by atoms with Crippen molar-refractivity contribution in [2.75, 3.05) is 50.1 Å². The lowest BCUT2D eigenvalue weighted by atomic mass is 10.1. The molecule has 3 aromatic carbocycles. The van der Waals surface area contributed by atoms with Gasteiger partial charge in [-0.3, -0.25) is 9.69 Å². The Morgan fingerprint density at radius 2 is 1.61 bits per heavy atom. The minimum Gasteiger partial charge on any atom is -0.495 e. The molecule has 0 atom stereocenters. The van der Waals surface area contributed by atoms with Gasteiger partial charge in [-0.2, -0.15) is 0 Å². The summed E-state index contributed by atoms with van der Waals surface area (Å²) in [5, 5.41) is 2.94. The number of piperazine rings is 1. The zero-order chi connectivity index (χ0) is 23.0. The fourth-order valence-corrected chi connectivity index (χ4v) is 4.06. The predicted octanol–water partition coefficient (Wildman–Crippen LogP) is 4.67. The first-order chi connectivity index (χ1) is 16.2. The lowest BCUT2D eigenvalue weighted by molar-refractivity contribution is 0.102. The molecule has 0 unspecified atom stereocenters. The topological polar surface area (TPSA) is 54.0 Å². The van der Waals surface area contributed by atoms with Crippen LogP contribution in [-0.2, 0) is 6.54 Å². The van der Waals surface area contributed by atoms with Gasteiger partial charge >= 0.3 is 0 Å². The third-order valence-electron chi connectivity index (χ3n) is 5.84. The molecule has 3 aromatic rings. The summed E-state index contributed by atoms with van der Waals surface area (Å²) in [4.78, 5) is 17.4. The van der Waals surface area contributed by atoms with Crippen molar-refractivity contribution in [3.63, 3.8) is 0 Å². The standard InChI is InChI=1S/C27H31N3O3/c1-3-33-24-14-12-23(13-15-24)28-27(31)22-10-8-21(9-11-22)20-29-16-18-30(19-17-29)25-6-4-5-7-26(25)32-2/h4-15H,3,16-20H2,1-2H3,(H,28,31). The molecule has 6 heteroatoms. The number of rotatable bonds is 8. The molecule has 0 spiro atoms. The summed E-state index contributed by atoms with van der Waals surface area (Å²) in [5.41, 5.74) is 3.76. The first-order valence-corrected chi connectivity index (χ1v) is 11.4. The molecule has 33 heavy (non-hydrogen) atoms. The van der Waals surface area contributed by atoms with Gasteiger partial charge in [0.15, 0.2) is 0 Å². The zero-order valence-corrected chi connectivity index (χ0v) is 19.3. The molecule has 1 saturated heterocycles. The smallest absolute Gasteiger partial charge is 0.255 e. The number of para-hydroxylation sites is 2. The Bertz CT molecular complexity index is 1040. The fraction of sp³-hybridized carbons (Fsp3) is 0.296. The summed E-state index contributed by atoms with van der Waals surface area (Å²) in [6, 6.07) is 23.5. The van der Waals surface area contributed by atoms with Gasteiger partial charge in [-0.15, -0.1) is 0 Å². The van der Waals surface area contributed by atoms with Gasteiger partial charge < -0.3 is 19.7 Å². The van der Waals surface area contributed by atoms with E-state index in [-0.39, 0.29) is 5.91 Å². The highest BCUT2D eigenvalue weighted by Gasteiger charge is 2.19. The second-order valence-electron chi connectivity index (χ2n) is 8.04. The normalized spacial score (nSPS) is 14.1. The number of amides is 1. The number of carbonyl (C=O) groups excluding carboxylic acids is 1. The molecule has 172 valence electrons. The van der Waals surface area contributed by atoms with Crippen LogP contribution in [0.15, 0.2) is 72.8 Å². The predicted molar refractivity (Wildman–Crippen MR) is 132 cm³/mol. The molecular formula is C27H31N3O3. The number of methoxy groups -OCH3 is 1. The van der Waals surface area contributed by atoms with E-state index in [0.717, 1.165) is 55.6 Å². The Kier molecular flexibility index (Phi) is 7.47. The van der Waals surface area contributed by atoms with Crippen molar-refractivity contribution in [3.05, 3.63) is 83.9 Å². The Morgan fingerprint density at radius 1 is 0.909 bits per heavy atom. The largest absolute Gasteiger partial charge is 0.495 e. The van der Waals surface area contributed by atoms with Gasteiger partial charge in [-0.25, -0.2) is 0 Å². The number of anilines is 2. The molecule has 0 radical (unpaired) electrons. The monoisotopic (exact) mass is 445 g/mol. The Hall–Kier alpha value is -3.51. The van der Waals surface area contributed by atoms with Gasteiger partial charge in [0.1, 0.15) is 11.5 Å². The average Bonchev–Trinajstić information content (AvgIpc) is 2.86.